The molecular formula is C15H10INS. The van der Waals surface area contributed by atoms with E-state index >= 15 is 0 Å². The first-order chi connectivity index (χ1) is 8.83. The van der Waals surface area contributed by atoms with Gasteiger partial charge in [0.1, 0.15) is 5.01 Å². The van der Waals surface area contributed by atoms with E-state index < -0.39 is 0 Å². The summed E-state index contributed by atoms with van der Waals surface area (Å²) in [7, 11) is 0. The van der Waals surface area contributed by atoms with E-state index in [4.69, 9.17) is 0 Å². The molecule has 18 heavy (non-hydrogen) atoms. The Labute approximate surface area is 124 Å². The predicted octanol–water partition coefficient (Wildman–Crippen LogP) is 5.08. The molecule has 0 aliphatic rings. The van der Waals surface area contributed by atoms with Crippen molar-refractivity contribution in [3.05, 3.63) is 63.7 Å². The smallest absolute Gasteiger partial charge is 0.123 e. The molecule has 1 heterocycles. The van der Waals surface area contributed by atoms with Gasteiger partial charge in [-0.3, -0.25) is 0 Å². The molecule has 2 aromatic carbocycles. The summed E-state index contributed by atoms with van der Waals surface area (Å²) >= 11 is 4.01. The molecule has 0 fully saturated rings. The lowest BCUT2D eigenvalue weighted by Gasteiger charge is -2.04. The van der Waals surface area contributed by atoms with Gasteiger partial charge in [0.05, 0.1) is 0 Å². The Balaban J connectivity index is 2.06. The summed E-state index contributed by atoms with van der Waals surface area (Å²) in [5.74, 6) is 0. The second-order valence-corrected chi connectivity index (χ2v) is 6.07. The van der Waals surface area contributed by atoms with Gasteiger partial charge in [0.2, 0.25) is 0 Å². The Morgan fingerprint density at radius 1 is 0.889 bits per heavy atom. The third kappa shape index (κ3) is 2.47. The topological polar surface area (TPSA) is 12.9 Å². The number of nitrogens with zero attached hydrogens (tertiary/aromatic N) is 1. The van der Waals surface area contributed by atoms with Gasteiger partial charge in [0.25, 0.3) is 0 Å². The maximum Gasteiger partial charge on any atom is 0.123 e. The molecule has 1 nitrogen and oxygen atoms in total. The summed E-state index contributed by atoms with van der Waals surface area (Å²) in [4.78, 5) is 4.36. The summed E-state index contributed by atoms with van der Waals surface area (Å²) in [6.07, 6.45) is 1.85. The molecule has 0 aliphatic heterocycles. The number of benzene rings is 2. The molecule has 3 aromatic rings. The SMILES string of the molecule is Ic1cccc(-c2cccc(-c3nccs3)c2)c1. The maximum atomic E-state index is 4.36. The van der Waals surface area contributed by atoms with E-state index in [1.165, 1.54) is 20.3 Å². The summed E-state index contributed by atoms with van der Waals surface area (Å²) in [5.41, 5.74) is 3.67. The Kier molecular flexibility index (Phi) is 3.43. The largest absolute Gasteiger partial charge is 0.245 e. The molecule has 3 heteroatoms. The van der Waals surface area contributed by atoms with E-state index in [0.717, 1.165) is 5.01 Å². The highest BCUT2D eigenvalue weighted by atomic mass is 127. The van der Waals surface area contributed by atoms with Crippen LogP contribution in [0.2, 0.25) is 0 Å². The zero-order chi connectivity index (χ0) is 12.4. The fourth-order valence-corrected chi connectivity index (χ4v) is 3.04. The second-order valence-electron chi connectivity index (χ2n) is 3.93. The lowest BCUT2D eigenvalue weighted by molar-refractivity contribution is 1.41. The van der Waals surface area contributed by atoms with Crippen LogP contribution in [-0.2, 0) is 0 Å². The van der Waals surface area contributed by atoms with Gasteiger partial charge in [-0.15, -0.1) is 11.3 Å². The quantitative estimate of drug-likeness (QED) is 0.579. The number of rotatable bonds is 2. The van der Waals surface area contributed by atoms with Crippen molar-refractivity contribution in [2.45, 2.75) is 0 Å². The highest BCUT2D eigenvalue weighted by Gasteiger charge is 2.03. The van der Waals surface area contributed by atoms with E-state index in [0.29, 0.717) is 0 Å². The molecule has 0 spiro atoms. The standard InChI is InChI=1S/C15H10INS/c16-14-6-2-4-12(10-14)11-3-1-5-13(9-11)15-17-7-8-18-15/h1-10H. The fourth-order valence-electron chi connectivity index (χ4n) is 1.87. The zero-order valence-electron chi connectivity index (χ0n) is 9.51. The first-order valence-electron chi connectivity index (χ1n) is 5.59. The van der Waals surface area contributed by atoms with Crippen LogP contribution in [0.25, 0.3) is 21.7 Å². The monoisotopic (exact) mass is 363 g/mol. The first-order valence-corrected chi connectivity index (χ1v) is 7.55. The maximum absolute atomic E-state index is 4.36. The van der Waals surface area contributed by atoms with Crippen molar-refractivity contribution < 1.29 is 0 Å². The lowest BCUT2D eigenvalue weighted by atomic mass is 10.0. The van der Waals surface area contributed by atoms with Crippen LogP contribution in [0, 0.1) is 3.57 Å². The van der Waals surface area contributed by atoms with Gasteiger partial charge in [0, 0.05) is 20.7 Å². The highest BCUT2D eigenvalue weighted by Crippen LogP contribution is 2.28. The summed E-state index contributed by atoms with van der Waals surface area (Å²) in [6, 6.07) is 17.1. The van der Waals surface area contributed by atoms with E-state index in [2.05, 4.69) is 76.1 Å². The Morgan fingerprint density at radius 3 is 2.33 bits per heavy atom. The minimum absolute atomic E-state index is 1.07. The van der Waals surface area contributed by atoms with Gasteiger partial charge in [-0.25, -0.2) is 4.98 Å². The minimum atomic E-state index is 1.07. The van der Waals surface area contributed by atoms with Crippen molar-refractivity contribution >= 4 is 33.9 Å². The second kappa shape index (κ2) is 5.20. The number of hydrogen-bond donors (Lipinski definition) is 0. The van der Waals surface area contributed by atoms with Crippen molar-refractivity contribution in [2.24, 2.45) is 0 Å². The first kappa shape index (κ1) is 11.9. The number of hydrogen-bond acceptors (Lipinski definition) is 2. The molecule has 0 radical (unpaired) electrons. The Morgan fingerprint density at radius 2 is 1.61 bits per heavy atom. The molecule has 1 aromatic heterocycles. The zero-order valence-corrected chi connectivity index (χ0v) is 12.5. The third-order valence-electron chi connectivity index (χ3n) is 2.70. The minimum Gasteiger partial charge on any atom is -0.245 e. The van der Waals surface area contributed by atoms with Gasteiger partial charge in [-0.1, -0.05) is 30.3 Å². The van der Waals surface area contributed by atoms with Crippen LogP contribution in [0.15, 0.2) is 60.1 Å². The van der Waals surface area contributed by atoms with Crippen LogP contribution in [0.5, 0.6) is 0 Å². The highest BCUT2D eigenvalue weighted by molar-refractivity contribution is 14.1. The molecule has 0 saturated heterocycles. The van der Waals surface area contributed by atoms with Gasteiger partial charge in [0.15, 0.2) is 0 Å². The van der Waals surface area contributed by atoms with E-state index in [-0.39, 0.29) is 0 Å². The van der Waals surface area contributed by atoms with Crippen LogP contribution in [0.4, 0.5) is 0 Å². The molecule has 88 valence electrons. The summed E-state index contributed by atoms with van der Waals surface area (Å²) in [6.45, 7) is 0. The molecule has 0 N–H and O–H groups in total. The molecule has 0 unspecified atom stereocenters. The van der Waals surface area contributed by atoms with Crippen molar-refractivity contribution in [1.82, 2.24) is 4.98 Å². The van der Waals surface area contributed by atoms with Gasteiger partial charge >= 0.3 is 0 Å². The lowest BCUT2D eigenvalue weighted by Crippen LogP contribution is -1.81. The molecular weight excluding hydrogens is 353 g/mol. The molecule has 0 bridgehead atoms. The number of aromatic nitrogens is 1. The van der Waals surface area contributed by atoms with E-state index in [1.807, 2.05) is 11.6 Å². The molecule has 0 aliphatic carbocycles. The number of thiazole rings is 1. The van der Waals surface area contributed by atoms with Crippen molar-refractivity contribution in [1.29, 1.82) is 0 Å². The van der Waals surface area contributed by atoms with Crippen LogP contribution in [-0.4, -0.2) is 4.98 Å². The summed E-state index contributed by atoms with van der Waals surface area (Å²) < 4.78 is 1.25. The summed E-state index contributed by atoms with van der Waals surface area (Å²) in [5, 5.41) is 3.08. The van der Waals surface area contributed by atoms with E-state index in [1.54, 1.807) is 11.3 Å². The van der Waals surface area contributed by atoms with E-state index in [9.17, 15) is 0 Å². The Bertz CT molecular complexity index is 662. The normalized spacial score (nSPS) is 10.5. The van der Waals surface area contributed by atoms with Crippen molar-refractivity contribution in [3.8, 4) is 21.7 Å². The molecule has 0 amide bonds. The van der Waals surface area contributed by atoms with Crippen LogP contribution in [0.1, 0.15) is 0 Å². The third-order valence-corrected chi connectivity index (χ3v) is 4.19. The average molecular weight is 363 g/mol. The average Bonchev–Trinajstić information content (AvgIpc) is 2.93. The van der Waals surface area contributed by atoms with Gasteiger partial charge in [-0.05, 0) is 51.9 Å². The predicted molar refractivity (Wildman–Crippen MR) is 85.7 cm³/mol. The molecule has 0 saturated carbocycles. The van der Waals surface area contributed by atoms with Gasteiger partial charge < -0.3 is 0 Å². The van der Waals surface area contributed by atoms with Crippen molar-refractivity contribution in [3.63, 3.8) is 0 Å². The Hall–Kier alpha value is -1.20. The number of halogens is 1. The fraction of sp³-hybridized carbons (Fsp3) is 0. The van der Waals surface area contributed by atoms with Crippen LogP contribution < -0.4 is 0 Å². The van der Waals surface area contributed by atoms with Crippen LogP contribution in [0.3, 0.4) is 0 Å². The van der Waals surface area contributed by atoms with Gasteiger partial charge in [-0.2, -0.15) is 0 Å². The van der Waals surface area contributed by atoms with Crippen molar-refractivity contribution in [2.75, 3.05) is 0 Å². The molecule has 0 atom stereocenters. The van der Waals surface area contributed by atoms with Crippen LogP contribution >= 0.6 is 33.9 Å². The molecule has 3 rings (SSSR count).